The number of anilines is 2. The first-order valence-electron chi connectivity index (χ1n) is 13.8. The van der Waals surface area contributed by atoms with Crippen molar-refractivity contribution in [1.82, 2.24) is 0 Å². The van der Waals surface area contributed by atoms with Crippen LogP contribution in [0.15, 0.2) is 103 Å². The lowest BCUT2D eigenvalue weighted by atomic mass is 9.63. The minimum Gasteiger partial charge on any atom is -0.497 e. The molecule has 3 aliphatic rings. The molecule has 1 spiro atoms. The molecule has 7 rings (SSSR count). The number of fused-ring (bicyclic) bond motifs is 5. The number of hydrogen-bond donors (Lipinski definition) is 1. The number of Topliss-reactive ketones (excluding diaryl/α,β-unsaturated/α-hetero) is 2. The van der Waals surface area contributed by atoms with Crippen LogP contribution in [0.1, 0.15) is 31.8 Å². The lowest BCUT2D eigenvalue weighted by Crippen LogP contribution is -2.55. The number of nitrogens with zero attached hydrogens (tertiary/aromatic N) is 1. The zero-order chi connectivity index (χ0) is 29.0. The van der Waals surface area contributed by atoms with E-state index in [4.69, 9.17) is 9.47 Å². The second kappa shape index (κ2) is 9.73. The maximum Gasteiger partial charge on any atom is 0.238 e. The van der Waals surface area contributed by atoms with Crippen molar-refractivity contribution in [2.75, 3.05) is 24.4 Å². The monoisotopic (exact) mass is 556 g/mol. The summed E-state index contributed by atoms with van der Waals surface area (Å²) >= 11 is 0. The third-order valence-electron chi connectivity index (χ3n) is 8.83. The van der Waals surface area contributed by atoms with Gasteiger partial charge in [0.2, 0.25) is 5.91 Å². The summed E-state index contributed by atoms with van der Waals surface area (Å²) < 4.78 is 10.7. The van der Waals surface area contributed by atoms with Gasteiger partial charge in [-0.3, -0.25) is 14.4 Å². The second-order valence-electron chi connectivity index (χ2n) is 10.8. The largest absolute Gasteiger partial charge is 0.497 e. The molecule has 1 amide bonds. The normalized spacial score (nSPS) is 23.1. The van der Waals surface area contributed by atoms with Gasteiger partial charge in [-0.25, -0.2) is 0 Å². The van der Waals surface area contributed by atoms with Gasteiger partial charge in [-0.15, -0.1) is 0 Å². The Kier molecular flexibility index (Phi) is 5.97. The van der Waals surface area contributed by atoms with Crippen molar-refractivity contribution in [1.29, 1.82) is 0 Å². The first-order chi connectivity index (χ1) is 20.5. The molecule has 0 bridgehead atoms. The Labute approximate surface area is 243 Å². The van der Waals surface area contributed by atoms with Crippen LogP contribution < -0.4 is 19.7 Å². The Morgan fingerprint density at radius 2 is 1.36 bits per heavy atom. The molecule has 4 aromatic carbocycles. The average Bonchev–Trinajstić information content (AvgIpc) is 3.52. The van der Waals surface area contributed by atoms with Crippen LogP contribution in [0.5, 0.6) is 11.5 Å². The summed E-state index contributed by atoms with van der Waals surface area (Å²) in [6, 6.07) is 27.4. The predicted molar refractivity (Wildman–Crippen MR) is 160 cm³/mol. The van der Waals surface area contributed by atoms with E-state index in [1.807, 2.05) is 65.6 Å². The molecule has 1 N–H and O–H groups in total. The van der Waals surface area contributed by atoms with Crippen molar-refractivity contribution < 1.29 is 23.9 Å². The summed E-state index contributed by atoms with van der Waals surface area (Å²) in [5, 5.41) is 3.04. The Hall–Kier alpha value is -5.17. The van der Waals surface area contributed by atoms with Gasteiger partial charge in [-0.1, -0.05) is 48.6 Å². The Morgan fingerprint density at radius 3 is 2.02 bits per heavy atom. The van der Waals surface area contributed by atoms with E-state index in [9.17, 15) is 14.4 Å². The Balaban J connectivity index is 1.50. The standard InChI is InChI=1S/C35H28N2O5/c1-41-24-16-11-22(12-17-24)31(38)30-29-20-15-21-7-3-6-10-28(21)37(29)33(32(39)23-13-18-25(42-2)19-14-23)35(30)26-8-4-5-9-27(26)36-34(35)40/h3-20,29-30,33H,1-2H3,(H,36,40)/t29-,30+,33-,35-/m0/s1. The number of ether oxygens (including phenoxy) is 2. The molecule has 0 radical (unpaired) electrons. The summed E-state index contributed by atoms with van der Waals surface area (Å²) in [5.74, 6) is -0.474. The minimum absolute atomic E-state index is 0.214. The summed E-state index contributed by atoms with van der Waals surface area (Å²) in [4.78, 5) is 46.0. The molecule has 3 aliphatic heterocycles. The number of amides is 1. The third-order valence-corrected chi connectivity index (χ3v) is 8.83. The molecule has 0 unspecified atom stereocenters. The molecule has 3 heterocycles. The molecule has 0 saturated carbocycles. The highest BCUT2D eigenvalue weighted by Gasteiger charge is 2.70. The van der Waals surface area contributed by atoms with Gasteiger partial charge in [-0.05, 0) is 71.8 Å². The zero-order valence-electron chi connectivity index (χ0n) is 23.1. The number of ketones is 2. The fourth-order valence-corrected chi connectivity index (χ4v) is 6.99. The number of rotatable bonds is 6. The third kappa shape index (κ3) is 3.56. The number of hydrogen-bond acceptors (Lipinski definition) is 6. The SMILES string of the molecule is COc1ccc(C(=O)[C@@H]2N3c4ccccc4C=C[C@H]3[C@H](C(=O)c3ccc(OC)cc3)[C@]23C(=O)Nc2ccccc23)cc1. The van der Waals surface area contributed by atoms with Crippen molar-refractivity contribution in [3.8, 4) is 11.5 Å². The first-order valence-corrected chi connectivity index (χ1v) is 13.8. The van der Waals surface area contributed by atoms with Crippen molar-refractivity contribution in [3.05, 3.63) is 125 Å². The highest BCUT2D eigenvalue weighted by Crippen LogP contribution is 2.58. The second-order valence-corrected chi connectivity index (χ2v) is 10.8. The van der Waals surface area contributed by atoms with E-state index < -0.39 is 23.4 Å². The van der Waals surface area contributed by atoms with Gasteiger partial charge in [0, 0.05) is 22.5 Å². The van der Waals surface area contributed by atoms with Gasteiger partial charge in [0.05, 0.1) is 26.2 Å². The van der Waals surface area contributed by atoms with Gasteiger partial charge in [0.25, 0.3) is 0 Å². The first kappa shape index (κ1) is 25.8. The average molecular weight is 557 g/mol. The number of methoxy groups -OCH3 is 2. The summed E-state index contributed by atoms with van der Waals surface area (Å²) in [6.07, 6.45) is 3.95. The van der Waals surface area contributed by atoms with E-state index >= 15 is 0 Å². The van der Waals surface area contributed by atoms with Crippen LogP contribution in [0.2, 0.25) is 0 Å². The van der Waals surface area contributed by atoms with Gasteiger partial charge in [0.1, 0.15) is 23.0 Å². The maximum atomic E-state index is 14.8. The van der Waals surface area contributed by atoms with Crippen molar-refractivity contribution in [2.45, 2.75) is 17.5 Å². The number of benzene rings is 4. The number of carbonyl (C=O) groups excluding carboxylic acids is 3. The van der Waals surface area contributed by atoms with Crippen LogP contribution in [-0.4, -0.2) is 43.8 Å². The highest BCUT2D eigenvalue weighted by atomic mass is 16.5. The Bertz CT molecular complexity index is 1760. The van der Waals surface area contributed by atoms with Gasteiger partial charge in [-0.2, -0.15) is 0 Å². The number of carbonyl (C=O) groups is 3. The molecule has 4 atom stereocenters. The molecule has 0 aliphatic carbocycles. The lowest BCUT2D eigenvalue weighted by molar-refractivity contribution is -0.121. The summed E-state index contributed by atoms with van der Waals surface area (Å²) in [6.45, 7) is 0. The van der Waals surface area contributed by atoms with Crippen LogP contribution in [0, 0.1) is 5.92 Å². The smallest absolute Gasteiger partial charge is 0.238 e. The number of para-hydroxylation sites is 2. The van der Waals surface area contributed by atoms with Crippen molar-refractivity contribution in [2.24, 2.45) is 5.92 Å². The number of nitrogens with one attached hydrogen (secondary N) is 1. The molecule has 1 saturated heterocycles. The van der Waals surface area contributed by atoms with E-state index in [1.165, 1.54) is 0 Å². The van der Waals surface area contributed by atoms with Crippen LogP contribution >= 0.6 is 0 Å². The van der Waals surface area contributed by atoms with Crippen LogP contribution in [0.3, 0.4) is 0 Å². The quantitative estimate of drug-likeness (QED) is 0.313. The molecule has 7 heteroatoms. The molecule has 42 heavy (non-hydrogen) atoms. The maximum absolute atomic E-state index is 14.8. The minimum atomic E-state index is -1.50. The van der Waals surface area contributed by atoms with Crippen molar-refractivity contribution in [3.63, 3.8) is 0 Å². The van der Waals surface area contributed by atoms with E-state index in [1.54, 1.807) is 62.8 Å². The Morgan fingerprint density at radius 1 is 0.762 bits per heavy atom. The summed E-state index contributed by atoms with van der Waals surface area (Å²) in [5.41, 5.74) is 2.35. The van der Waals surface area contributed by atoms with E-state index in [0.717, 1.165) is 11.3 Å². The summed E-state index contributed by atoms with van der Waals surface area (Å²) in [7, 11) is 3.14. The topological polar surface area (TPSA) is 84.9 Å². The molecule has 0 aromatic heterocycles. The fourth-order valence-electron chi connectivity index (χ4n) is 6.99. The molecule has 208 valence electrons. The fraction of sp³-hybridized carbons (Fsp3) is 0.171. The van der Waals surface area contributed by atoms with E-state index in [0.29, 0.717) is 33.9 Å². The van der Waals surface area contributed by atoms with Gasteiger partial charge < -0.3 is 19.7 Å². The lowest BCUT2D eigenvalue weighted by Gasteiger charge is -2.37. The molecule has 7 nitrogen and oxygen atoms in total. The van der Waals surface area contributed by atoms with Crippen LogP contribution in [0.25, 0.3) is 6.08 Å². The van der Waals surface area contributed by atoms with Crippen LogP contribution in [-0.2, 0) is 10.2 Å². The molecular formula is C35H28N2O5. The van der Waals surface area contributed by atoms with Crippen molar-refractivity contribution >= 4 is 34.9 Å². The van der Waals surface area contributed by atoms with E-state index in [2.05, 4.69) is 5.32 Å². The van der Waals surface area contributed by atoms with Gasteiger partial charge >= 0.3 is 0 Å². The van der Waals surface area contributed by atoms with Crippen LogP contribution in [0.4, 0.5) is 11.4 Å². The highest BCUT2D eigenvalue weighted by molar-refractivity contribution is 6.20. The van der Waals surface area contributed by atoms with E-state index in [-0.39, 0.29) is 17.5 Å². The molecule has 1 fully saturated rings. The van der Waals surface area contributed by atoms with Gasteiger partial charge in [0.15, 0.2) is 11.6 Å². The zero-order valence-corrected chi connectivity index (χ0v) is 23.1. The molecular weight excluding hydrogens is 528 g/mol. The molecule has 4 aromatic rings. The predicted octanol–water partition coefficient (Wildman–Crippen LogP) is 5.56.